The van der Waals surface area contributed by atoms with E-state index in [1.54, 1.807) is 7.11 Å². The summed E-state index contributed by atoms with van der Waals surface area (Å²) in [6.07, 6.45) is 0.844. The minimum atomic E-state index is 0.637. The Balaban J connectivity index is 2.78. The predicted octanol–water partition coefficient (Wildman–Crippen LogP) is 2.61. The van der Waals surface area contributed by atoms with E-state index in [0.717, 1.165) is 34.1 Å². The normalized spacial score (nSPS) is 10.6. The van der Waals surface area contributed by atoms with E-state index in [1.165, 1.54) is 0 Å². The quantitative estimate of drug-likeness (QED) is 0.762. The number of hydrogen-bond donors (Lipinski definition) is 1. The number of methoxy groups -OCH3 is 1. The van der Waals surface area contributed by atoms with Gasteiger partial charge in [0.05, 0.1) is 12.8 Å². The zero-order valence-electron chi connectivity index (χ0n) is 9.05. The molecule has 0 radical (unpaired) electrons. The SMILES string of the molecule is COc1cc2[nH]c(C=O)c(C)c2cc1C. The molecule has 1 aromatic carbocycles. The number of carbonyl (C=O) groups is 1. The molecule has 0 saturated carbocycles. The first kappa shape index (κ1) is 9.77. The highest BCUT2D eigenvalue weighted by Gasteiger charge is 2.09. The minimum Gasteiger partial charge on any atom is -0.496 e. The van der Waals surface area contributed by atoms with Crippen LogP contribution in [0, 0.1) is 13.8 Å². The number of aryl methyl sites for hydroxylation is 2. The van der Waals surface area contributed by atoms with Crippen LogP contribution in [0.2, 0.25) is 0 Å². The monoisotopic (exact) mass is 203 g/mol. The Morgan fingerprint density at radius 1 is 1.33 bits per heavy atom. The van der Waals surface area contributed by atoms with Gasteiger partial charge in [-0.3, -0.25) is 4.79 Å². The van der Waals surface area contributed by atoms with Crippen LogP contribution in [0.15, 0.2) is 12.1 Å². The number of H-pyrrole nitrogens is 1. The van der Waals surface area contributed by atoms with Crippen molar-refractivity contribution in [1.29, 1.82) is 0 Å². The lowest BCUT2D eigenvalue weighted by Gasteiger charge is -2.04. The topological polar surface area (TPSA) is 42.1 Å². The maximum atomic E-state index is 10.8. The highest BCUT2D eigenvalue weighted by atomic mass is 16.5. The van der Waals surface area contributed by atoms with Gasteiger partial charge in [-0.25, -0.2) is 0 Å². The molecule has 0 unspecified atom stereocenters. The summed E-state index contributed by atoms with van der Waals surface area (Å²) in [6, 6.07) is 3.96. The molecule has 0 aliphatic rings. The molecule has 0 aliphatic heterocycles. The molecule has 1 heterocycles. The summed E-state index contributed by atoms with van der Waals surface area (Å²) in [4.78, 5) is 13.8. The van der Waals surface area contributed by atoms with Crippen molar-refractivity contribution in [2.24, 2.45) is 0 Å². The Morgan fingerprint density at radius 3 is 2.67 bits per heavy atom. The van der Waals surface area contributed by atoms with Crippen LogP contribution in [0.1, 0.15) is 21.6 Å². The number of aromatic amines is 1. The van der Waals surface area contributed by atoms with E-state index < -0.39 is 0 Å². The van der Waals surface area contributed by atoms with Gasteiger partial charge in [0.2, 0.25) is 0 Å². The van der Waals surface area contributed by atoms with E-state index in [2.05, 4.69) is 4.98 Å². The maximum Gasteiger partial charge on any atom is 0.166 e. The standard InChI is InChI=1S/C12H13NO2/c1-7-4-9-8(2)11(6-14)13-10(9)5-12(7)15-3/h4-6,13H,1-3H3. The van der Waals surface area contributed by atoms with Gasteiger partial charge in [0.15, 0.2) is 6.29 Å². The predicted molar refractivity (Wildman–Crippen MR) is 59.7 cm³/mol. The fourth-order valence-corrected chi connectivity index (χ4v) is 1.82. The molecule has 15 heavy (non-hydrogen) atoms. The number of aromatic nitrogens is 1. The molecule has 1 aromatic heterocycles. The molecular weight excluding hydrogens is 190 g/mol. The molecule has 0 atom stereocenters. The van der Waals surface area contributed by atoms with Crippen LogP contribution in [0.4, 0.5) is 0 Å². The van der Waals surface area contributed by atoms with Crippen molar-refractivity contribution in [3.63, 3.8) is 0 Å². The van der Waals surface area contributed by atoms with Crippen LogP contribution in [0.3, 0.4) is 0 Å². The van der Waals surface area contributed by atoms with Crippen molar-refractivity contribution >= 4 is 17.2 Å². The third-order valence-corrected chi connectivity index (χ3v) is 2.73. The molecule has 0 bridgehead atoms. The lowest BCUT2D eigenvalue weighted by Crippen LogP contribution is -1.86. The summed E-state index contributed by atoms with van der Waals surface area (Å²) in [5.41, 5.74) is 3.64. The van der Waals surface area contributed by atoms with E-state index in [9.17, 15) is 4.79 Å². The highest BCUT2D eigenvalue weighted by molar-refractivity contribution is 5.93. The first-order chi connectivity index (χ1) is 7.17. The maximum absolute atomic E-state index is 10.8. The number of benzene rings is 1. The highest BCUT2D eigenvalue weighted by Crippen LogP contribution is 2.28. The van der Waals surface area contributed by atoms with E-state index in [-0.39, 0.29) is 0 Å². The van der Waals surface area contributed by atoms with Crippen LogP contribution in [-0.2, 0) is 0 Å². The van der Waals surface area contributed by atoms with Gasteiger partial charge < -0.3 is 9.72 Å². The second-order valence-electron chi connectivity index (χ2n) is 3.65. The van der Waals surface area contributed by atoms with Crippen molar-refractivity contribution in [2.45, 2.75) is 13.8 Å². The van der Waals surface area contributed by atoms with Gasteiger partial charge in [-0.2, -0.15) is 0 Å². The second kappa shape index (κ2) is 3.42. The van der Waals surface area contributed by atoms with Crippen LogP contribution in [-0.4, -0.2) is 18.4 Å². The van der Waals surface area contributed by atoms with Crippen molar-refractivity contribution in [3.05, 3.63) is 29.0 Å². The van der Waals surface area contributed by atoms with Crippen LogP contribution >= 0.6 is 0 Å². The molecule has 3 nitrogen and oxygen atoms in total. The number of fused-ring (bicyclic) bond motifs is 1. The fraction of sp³-hybridized carbons (Fsp3) is 0.250. The van der Waals surface area contributed by atoms with Crippen LogP contribution in [0.25, 0.3) is 10.9 Å². The zero-order chi connectivity index (χ0) is 11.0. The average molecular weight is 203 g/mol. The van der Waals surface area contributed by atoms with Crippen LogP contribution in [0.5, 0.6) is 5.75 Å². The third-order valence-electron chi connectivity index (χ3n) is 2.73. The fourth-order valence-electron chi connectivity index (χ4n) is 1.82. The largest absolute Gasteiger partial charge is 0.496 e. The first-order valence-corrected chi connectivity index (χ1v) is 4.79. The lowest BCUT2D eigenvalue weighted by molar-refractivity contribution is 0.111. The minimum absolute atomic E-state index is 0.637. The van der Waals surface area contributed by atoms with E-state index in [4.69, 9.17) is 4.74 Å². The van der Waals surface area contributed by atoms with E-state index in [0.29, 0.717) is 5.69 Å². The van der Waals surface area contributed by atoms with Gasteiger partial charge in [0.1, 0.15) is 5.75 Å². The Bertz CT molecular complexity index is 526. The number of hydrogen-bond acceptors (Lipinski definition) is 2. The Kier molecular flexibility index (Phi) is 2.23. The zero-order valence-corrected chi connectivity index (χ0v) is 9.05. The summed E-state index contributed by atoms with van der Waals surface area (Å²) < 4.78 is 5.23. The Labute approximate surface area is 88.1 Å². The summed E-state index contributed by atoms with van der Waals surface area (Å²) >= 11 is 0. The number of aldehydes is 1. The summed E-state index contributed by atoms with van der Waals surface area (Å²) in [7, 11) is 1.64. The van der Waals surface area contributed by atoms with Gasteiger partial charge >= 0.3 is 0 Å². The van der Waals surface area contributed by atoms with Gasteiger partial charge in [-0.15, -0.1) is 0 Å². The molecular formula is C12H13NO2. The van der Waals surface area contributed by atoms with E-state index in [1.807, 2.05) is 26.0 Å². The molecule has 2 aromatic rings. The average Bonchev–Trinajstić information content (AvgIpc) is 2.54. The summed E-state index contributed by atoms with van der Waals surface area (Å²) in [6.45, 7) is 3.93. The van der Waals surface area contributed by atoms with Crippen LogP contribution < -0.4 is 4.74 Å². The molecule has 0 saturated heterocycles. The number of ether oxygens (including phenoxy) is 1. The first-order valence-electron chi connectivity index (χ1n) is 4.79. The third kappa shape index (κ3) is 1.40. The Morgan fingerprint density at radius 2 is 2.07 bits per heavy atom. The molecule has 0 spiro atoms. The van der Waals surface area contributed by atoms with Crippen molar-refractivity contribution in [2.75, 3.05) is 7.11 Å². The molecule has 3 heteroatoms. The molecule has 2 rings (SSSR count). The summed E-state index contributed by atoms with van der Waals surface area (Å²) in [5.74, 6) is 0.834. The number of carbonyl (C=O) groups excluding carboxylic acids is 1. The molecule has 78 valence electrons. The van der Waals surface area contributed by atoms with E-state index >= 15 is 0 Å². The second-order valence-corrected chi connectivity index (χ2v) is 3.65. The Hall–Kier alpha value is -1.77. The van der Waals surface area contributed by atoms with Crippen molar-refractivity contribution in [3.8, 4) is 5.75 Å². The summed E-state index contributed by atoms with van der Waals surface area (Å²) in [5, 5.41) is 1.08. The number of rotatable bonds is 2. The molecule has 0 aliphatic carbocycles. The lowest BCUT2D eigenvalue weighted by atomic mass is 10.1. The van der Waals surface area contributed by atoms with Gasteiger partial charge in [-0.1, -0.05) is 0 Å². The smallest absolute Gasteiger partial charge is 0.166 e. The van der Waals surface area contributed by atoms with Crippen molar-refractivity contribution < 1.29 is 9.53 Å². The van der Waals surface area contributed by atoms with Gasteiger partial charge in [0.25, 0.3) is 0 Å². The molecule has 0 amide bonds. The van der Waals surface area contributed by atoms with Gasteiger partial charge in [0, 0.05) is 17.0 Å². The van der Waals surface area contributed by atoms with Gasteiger partial charge in [-0.05, 0) is 31.0 Å². The molecule has 0 fully saturated rings. The molecule has 1 N–H and O–H groups in total. The van der Waals surface area contributed by atoms with Crippen molar-refractivity contribution in [1.82, 2.24) is 4.98 Å². The number of nitrogens with one attached hydrogen (secondary N) is 1.